The van der Waals surface area contributed by atoms with Crippen molar-refractivity contribution in [3.8, 4) is 45.3 Å². The van der Waals surface area contributed by atoms with E-state index in [4.69, 9.17) is 20.0 Å². The Hall–Kier alpha value is -8.88. The SMILES string of the molecule is Oc1c2cc3ccccc3c1C=Nc1ccccc1N=Cc1c(O)c(cc3ccccc13)-c1cc3ccccc3c(c1O)C=Nc1ccccc1N=Cc1c(O)c-2cc2ccccc12. The predicted octanol–water partition coefficient (Wildman–Crippen LogP) is 13.8. The molecule has 8 nitrogen and oxygen atoms in total. The molecule has 1 aliphatic heterocycles. The average Bonchev–Trinajstić information content (AvgIpc) is 3.32. The smallest absolute Gasteiger partial charge is 0.132 e. The zero-order chi connectivity index (χ0) is 43.3. The van der Waals surface area contributed by atoms with Gasteiger partial charge in [0.1, 0.15) is 23.0 Å². The molecule has 1 aliphatic rings. The van der Waals surface area contributed by atoms with Gasteiger partial charge in [0, 0.05) is 69.4 Å². The van der Waals surface area contributed by atoms with Gasteiger partial charge in [-0.1, -0.05) is 121 Å². The Morgan fingerprint density at radius 2 is 0.453 bits per heavy atom. The third-order valence-corrected chi connectivity index (χ3v) is 11.9. The molecule has 8 heteroatoms. The van der Waals surface area contributed by atoms with E-state index in [9.17, 15) is 20.4 Å². The zero-order valence-electron chi connectivity index (χ0n) is 34.1. The summed E-state index contributed by atoms with van der Waals surface area (Å²) >= 11 is 0. The fourth-order valence-corrected chi connectivity index (χ4v) is 8.70. The Kier molecular flexibility index (Phi) is 9.25. The van der Waals surface area contributed by atoms with Gasteiger partial charge in [0.25, 0.3) is 0 Å². The number of para-hydroxylation sites is 4. The number of phenolic OH excluding ortho intramolecular Hbond substituents is 4. The molecule has 0 aromatic heterocycles. The van der Waals surface area contributed by atoms with Gasteiger partial charge in [-0.2, -0.15) is 0 Å². The van der Waals surface area contributed by atoms with Gasteiger partial charge in [-0.3, -0.25) is 20.0 Å². The number of phenols is 4. The number of hydrogen-bond donors (Lipinski definition) is 4. The van der Waals surface area contributed by atoms with Gasteiger partial charge >= 0.3 is 0 Å². The van der Waals surface area contributed by atoms with Gasteiger partial charge in [0.15, 0.2) is 0 Å². The number of benzene rings is 10. The lowest BCUT2D eigenvalue weighted by Crippen LogP contribution is -1.94. The monoisotopic (exact) mass is 828 g/mol. The maximum absolute atomic E-state index is 12.2. The zero-order valence-corrected chi connectivity index (χ0v) is 34.1. The summed E-state index contributed by atoms with van der Waals surface area (Å²) in [6.45, 7) is 0. The summed E-state index contributed by atoms with van der Waals surface area (Å²) in [6.07, 6.45) is 6.50. The molecule has 8 bridgehead atoms. The van der Waals surface area contributed by atoms with E-state index >= 15 is 0 Å². The molecule has 1 heterocycles. The molecule has 0 amide bonds. The van der Waals surface area contributed by atoms with Gasteiger partial charge in [-0.15, -0.1) is 0 Å². The first-order chi connectivity index (χ1) is 31.4. The van der Waals surface area contributed by atoms with Crippen molar-refractivity contribution in [2.75, 3.05) is 0 Å². The molecule has 10 aromatic rings. The second kappa shape index (κ2) is 15.5. The van der Waals surface area contributed by atoms with Gasteiger partial charge in [0.2, 0.25) is 0 Å². The summed E-state index contributed by atoms with van der Waals surface area (Å²) in [5.74, 6) is -0.229. The van der Waals surface area contributed by atoms with Gasteiger partial charge in [-0.25, -0.2) is 0 Å². The van der Waals surface area contributed by atoms with Crippen LogP contribution in [0.2, 0.25) is 0 Å². The first-order valence-corrected chi connectivity index (χ1v) is 20.7. The molecule has 0 fully saturated rings. The lowest BCUT2D eigenvalue weighted by molar-refractivity contribution is 0.469. The van der Waals surface area contributed by atoms with E-state index in [1.165, 1.54) is 0 Å². The van der Waals surface area contributed by atoms with Crippen LogP contribution in [0.5, 0.6) is 23.0 Å². The molecule has 11 rings (SSSR count). The summed E-state index contributed by atoms with van der Waals surface area (Å²) < 4.78 is 0. The minimum Gasteiger partial charge on any atom is -0.507 e. The van der Waals surface area contributed by atoms with E-state index < -0.39 is 0 Å². The van der Waals surface area contributed by atoms with E-state index in [1.807, 2.05) is 170 Å². The van der Waals surface area contributed by atoms with Crippen LogP contribution in [-0.4, -0.2) is 45.3 Å². The van der Waals surface area contributed by atoms with Crippen LogP contribution in [0.4, 0.5) is 22.7 Å². The molecule has 0 saturated carbocycles. The first-order valence-electron chi connectivity index (χ1n) is 20.7. The summed E-state index contributed by atoms with van der Waals surface area (Å²) in [7, 11) is 0. The van der Waals surface area contributed by atoms with Crippen molar-refractivity contribution < 1.29 is 20.4 Å². The fraction of sp³-hybridized carbons (Fsp3) is 0. The Labute approximate surface area is 367 Å². The van der Waals surface area contributed by atoms with Crippen LogP contribution >= 0.6 is 0 Å². The summed E-state index contributed by atoms with van der Waals surface area (Å²) in [5, 5.41) is 55.3. The molecule has 4 N–H and O–H groups in total. The molecule has 0 radical (unpaired) electrons. The summed E-state index contributed by atoms with van der Waals surface area (Å²) in [4.78, 5) is 19.6. The molecular weight excluding hydrogens is 793 g/mol. The van der Waals surface area contributed by atoms with Gasteiger partial charge in [-0.05, 0) is 91.6 Å². The highest BCUT2D eigenvalue weighted by Gasteiger charge is 2.22. The van der Waals surface area contributed by atoms with E-state index in [1.54, 1.807) is 24.9 Å². The maximum atomic E-state index is 12.2. The highest BCUT2D eigenvalue weighted by Crippen LogP contribution is 2.47. The van der Waals surface area contributed by atoms with Crippen LogP contribution < -0.4 is 0 Å². The lowest BCUT2D eigenvalue weighted by Gasteiger charge is -2.16. The van der Waals surface area contributed by atoms with Crippen LogP contribution in [-0.2, 0) is 0 Å². The minimum absolute atomic E-state index is 0.0572. The van der Waals surface area contributed by atoms with Gasteiger partial charge < -0.3 is 20.4 Å². The second-order valence-corrected chi connectivity index (χ2v) is 15.6. The largest absolute Gasteiger partial charge is 0.507 e. The molecular formula is C56H36N4O4. The maximum Gasteiger partial charge on any atom is 0.132 e. The molecule has 304 valence electrons. The van der Waals surface area contributed by atoms with Crippen molar-refractivity contribution in [3.05, 3.63) is 192 Å². The lowest BCUT2D eigenvalue weighted by atomic mass is 9.91. The summed E-state index contributed by atoms with van der Waals surface area (Å²) in [6, 6.07) is 53.2. The molecule has 0 aliphatic carbocycles. The van der Waals surface area contributed by atoms with Gasteiger partial charge in [0.05, 0.1) is 22.7 Å². The molecule has 64 heavy (non-hydrogen) atoms. The van der Waals surface area contributed by atoms with E-state index in [-0.39, 0.29) is 23.0 Å². The van der Waals surface area contributed by atoms with E-state index in [2.05, 4.69) is 0 Å². The van der Waals surface area contributed by atoms with Crippen molar-refractivity contribution in [3.63, 3.8) is 0 Å². The van der Waals surface area contributed by atoms with Crippen LogP contribution in [0.1, 0.15) is 22.3 Å². The molecule has 0 atom stereocenters. The van der Waals surface area contributed by atoms with E-state index in [0.717, 1.165) is 43.1 Å². The van der Waals surface area contributed by atoms with Crippen molar-refractivity contribution in [1.29, 1.82) is 0 Å². The number of fused-ring (bicyclic) bond motifs is 20. The Morgan fingerprint density at radius 3 is 0.688 bits per heavy atom. The normalized spacial score (nSPS) is 12.4. The van der Waals surface area contributed by atoms with Crippen molar-refractivity contribution >= 4 is 90.7 Å². The quantitative estimate of drug-likeness (QED) is 0.121. The Balaban J connectivity index is 1.21. The number of rotatable bonds is 0. The minimum atomic E-state index is -0.0572. The fourth-order valence-electron chi connectivity index (χ4n) is 8.70. The molecule has 0 spiro atoms. The molecule has 0 unspecified atom stereocenters. The van der Waals surface area contributed by atoms with Crippen LogP contribution in [0, 0.1) is 0 Å². The topological polar surface area (TPSA) is 130 Å². The standard InChI is InChI=1S/C56H36N4O4/c61-53-41-25-33-13-1-5-17-37(33)45(53)29-57-49-21-9-10-22-50(49)59-31-47-39-19-7-3-15-35(39)27-43(55(47)63)44-28-36-16-4-8-20-40(36)48(56(44)64)32-60-52-24-12-11-23-51(52)58-30-46-38-18-6-2-14-34(38)26-42(41)54(46)62/h1-32,61-64H. The highest BCUT2D eigenvalue weighted by molar-refractivity contribution is 6.13. The highest BCUT2D eigenvalue weighted by atomic mass is 16.3. The molecule has 0 saturated heterocycles. The van der Waals surface area contributed by atoms with Crippen LogP contribution in [0.15, 0.2) is 190 Å². The van der Waals surface area contributed by atoms with Crippen molar-refractivity contribution in [2.45, 2.75) is 0 Å². The third kappa shape index (κ3) is 6.49. The Bertz CT molecular complexity index is 3200. The summed E-state index contributed by atoms with van der Waals surface area (Å²) in [5.41, 5.74) is 5.58. The van der Waals surface area contributed by atoms with Crippen LogP contribution in [0.3, 0.4) is 0 Å². The van der Waals surface area contributed by atoms with Crippen molar-refractivity contribution in [1.82, 2.24) is 0 Å². The Morgan fingerprint density at radius 1 is 0.250 bits per heavy atom. The average molecular weight is 829 g/mol. The second-order valence-electron chi connectivity index (χ2n) is 15.6. The number of aliphatic imine (C=N–C) groups is 4. The predicted molar refractivity (Wildman–Crippen MR) is 262 cm³/mol. The first kappa shape index (κ1) is 38.1. The number of hydrogen-bond acceptors (Lipinski definition) is 8. The number of nitrogens with zero attached hydrogens (tertiary/aromatic N) is 4. The van der Waals surface area contributed by atoms with Crippen molar-refractivity contribution in [2.24, 2.45) is 20.0 Å². The van der Waals surface area contributed by atoms with Crippen LogP contribution in [0.25, 0.3) is 65.3 Å². The van der Waals surface area contributed by atoms with E-state index in [0.29, 0.717) is 67.3 Å². The molecule has 10 aromatic carbocycles. The third-order valence-electron chi connectivity index (χ3n) is 11.9. The number of aromatic hydroxyl groups is 4.